The van der Waals surface area contributed by atoms with Gasteiger partial charge in [0.25, 0.3) is 0 Å². The Morgan fingerprint density at radius 3 is 1.86 bits per heavy atom. The molecule has 0 amide bonds. The molecule has 3 aromatic carbocycles. The van der Waals surface area contributed by atoms with E-state index in [4.69, 9.17) is 23.7 Å². The summed E-state index contributed by atoms with van der Waals surface area (Å²) in [6.45, 7) is 5.63. The maximum absolute atomic E-state index is 12.0. The fourth-order valence-electron chi connectivity index (χ4n) is 5.17. The van der Waals surface area contributed by atoms with E-state index in [1.807, 2.05) is 68.4 Å². The Hall–Kier alpha value is -3.03. The van der Waals surface area contributed by atoms with Gasteiger partial charge in [-0.2, -0.15) is 0 Å². The van der Waals surface area contributed by atoms with E-state index < -0.39 is 29.7 Å². The third kappa shape index (κ3) is 4.82. The van der Waals surface area contributed by atoms with E-state index in [0.29, 0.717) is 6.61 Å². The highest BCUT2D eigenvalue weighted by atomic mass is 16.7. The quantitative estimate of drug-likeness (QED) is 0.350. The summed E-state index contributed by atoms with van der Waals surface area (Å²) in [5.41, 5.74) is 2.06. The summed E-state index contributed by atoms with van der Waals surface area (Å²) in [6.07, 6.45) is -1.94. The van der Waals surface area contributed by atoms with E-state index in [1.165, 1.54) is 6.92 Å². The molecule has 0 N–H and O–H groups in total. The van der Waals surface area contributed by atoms with E-state index in [9.17, 15) is 4.79 Å². The molecular weight excluding hydrogens is 456 g/mol. The molecule has 0 unspecified atom stereocenters. The summed E-state index contributed by atoms with van der Waals surface area (Å²) in [6, 6.07) is 30.4. The summed E-state index contributed by atoms with van der Waals surface area (Å²) in [7, 11) is 0. The van der Waals surface area contributed by atoms with Crippen molar-refractivity contribution >= 4 is 5.97 Å². The predicted molar refractivity (Wildman–Crippen MR) is 134 cm³/mol. The zero-order valence-corrected chi connectivity index (χ0v) is 20.8. The third-order valence-electron chi connectivity index (χ3n) is 6.73. The van der Waals surface area contributed by atoms with Gasteiger partial charge in [0.1, 0.15) is 23.9 Å². The van der Waals surface area contributed by atoms with Gasteiger partial charge in [-0.3, -0.25) is 4.79 Å². The summed E-state index contributed by atoms with van der Waals surface area (Å²) in [5, 5.41) is 0. The molecule has 6 heteroatoms. The second-order valence-corrected chi connectivity index (χ2v) is 9.67. The smallest absolute Gasteiger partial charge is 0.303 e. The fourth-order valence-corrected chi connectivity index (χ4v) is 5.17. The van der Waals surface area contributed by atoms with Gasteiger partial charge in [0.2, 0.25) is 0 Å². The molecule has 2 heterocycles. The van der Waals surface area contributed by atoms with E-state index in [1.54, 1.807) is 0 Å². The van der Waals surface area contributed by atoms with Crippen molar-refractivity contribution in [1.29, 1.82) is 0 Å². The van der Waals surface area contributed by atoms with Crippen molar-refractivity contribution in [3.63, 3.8) is 0 Å². The minimum atomic E-state index is -0.904. The first kappa shape index (κ1) is 24.7. The number of esters is 1. The van der Waals surface area contributed by atoms with Crippen molar-refractivity contribution in [1.82, 2.24) is 0 Å². The van der Waals surface area contributed by atoms with Crippen LogP contribution in [0.4, 0.5) is 0 Å². The fraction of sp³-hybridized carbons (Fsp3) is 0.367. The summed E-state index contributed by atoms with van der Waals surface area (Å²) >= 11 is 0. The standard InChI is InChI=1S/C30H32O6/c1-21(31)34-27-25(35-26-19-32-29(2,3)36-28(26)27)20-33-30(22-13-7-4-8-14-22,23-15-9-5-10-16-23)24-17-11-6-12-18-24/h4-18,25-28H,19-20H2,1-3H3/t25-,26+,27-,28-/m0/s1. The van der Waals surface area contributed by atoms with E-state index >= 15 is 0 Å². The number of ether oxygens (including phenoxy) is 5. The number of carbonyl (C=O) groups is 1. The molecule has 4 atom stereocenters. The highest BCUT2D eigenvalue weighted by Crippen LogP contribution is 2.42. The van der Waals surface area contributed by atoms with Crippen LogP contribution in [0.3, 0.4) is 0 Å². The summed E-state index contributed by atoms with van der Waals surface area (Å²) in [5.74, 6) is -1.18. The SMILES string of the molecule is CC(=O)O[C@@H]1[C@H]2OC(C)(C)OC[C@H]2O[C@H]1COC(c1ccccc1)(c1ccccc1)c1ccccc1. The Bertz CT molecular complexity index is 1050. The van der Waals surface area contributed by atoms with Gasteiger partial charge in [-0.15, -0.1) is 0 Å². The van der Waals surface area contributed by atoms with Crippen LogP contribution < -0.4 is 0 Å². The molecule has 2 aliphatic rings. The summed E-state index contributed by atoms with van der Waals surface area (Å²) < 4.78 is 30.9. The second-order valence-electron chi connectivity index (χ2n) is 9.67. The molecule has 0 bridgehead atoms. The van der Waals surface area contributed by atoms with E-state index in [0.717, 1.165) is 16.7 Å². The average molecular weight is 489 g/mol. The largest absolute Gasteiger partial charge is 0.457 e. The lowest BCUT2D eigenvalue weighted by Gasteiger charge is -2.38. The number of fused-ring (bicyclic) bond motifs is 1. The van der Waals surface area contributed by atoms with Crippen LogP contribution in [0.5, 0.6) is 0 Å². The van der Waals surface area contributed by atoms with Gasteiger partial charge in [0.15, 0.2) is 11.9 Å². The minimum Gasteiger partial charge on any atom is -0.457 e. The maximum atomic E-state index is 12.0. The third-order valence-corrected chi connectivity index (χ3v) is 6.73. The number of benzene rings is 3. The second kappa shape index (κ2) is 10.1. The molecule has 2 fully saturated rings. The van der Waals surface area contributed by atoms with Crippen LogP contribution in [0, 0.1) is 0 Å². The Morgan fingerprint density at radius 2 is 1.39 bits per heavy atom. The predicted octanol–water partition coefficient (Wildman–Crippen LogP) is 4.85. The van der Waals surface area contributed by atoms with Crippen LogP contribution in [0.1, 0.15) is 37.5 Å². The Labute approximate surface area is 212 Å². The molecule has 188 valence electrons. The van der Waals surface area contributed by atoms with Crippen LogP contribution in [-0.2, 0) is 34.1 Å². The Balaban J connectivity index is 1.53. The molecule has 0 aromatic heterocycles. The van der Waals surface area contributed by atoms with Gasteiger partial charge in [-0.25, -0.2) is 0 Å². The lowest BCUT2D eigenvalue weighted by atomic mass is 9.80. The van der Waals surface area contributed by atoms with Crippen LogP contribution in [-0.4, -0.2) is 49.4 Å². The average Bonchev–Trinajstić information content (AvgIpc) is 3.21. The van der Waals surface area contributed by atoms with Gasteiger partial charge in [0.05, 0.1) is 13.2 Å². The lowest BCUT2D eigenvalue weighted by Crippen LogP contribution is -2.51. The van der Waals surface area contributed by atoms with Crippen molar-refractivity contribution < 1.29 is 28.5 Å². The highest BCUT2D eigenvalue weighted by molar-refractivity contribution is 5.66. The van der Waals surface area contributed by atoms with E-state index in [-0.39, 0.29) is 18.7 Å². The molecule has 6 nitrogen and oxygen atoms in total. The van der Waals surface area contributed by atoms with Crippen molar-refractivity contribution in [2.45, 2.75) is 56.6 Å². The normalized spacial score (nSPS) is 25.2. The van der Waals surface area contributed by atoms with Gasteiger partial charge >= 0.3 is 5.97 Å². The van der Waals surface area contributed by atoms with Crippen molar-refractivity contribution in [2.24, 2.45) is 0 Å². The number of hydrogen-bond donors (Lipinski definition) is 0. The zero-order chi connectivity index (χ0) is 25.2. The van der Waals surface area contributed by atoms with Gasteiger partial charge in [-0.05, 0) is 30.5 Å². The van der Waals surface area contributed by atoms with Crippen molar-refractivity contribution in [3.8, 4) is 0 Å². The molecule has 0 saturated carbocycles. The molecule has 2 saturated heterocycles. The van der Waals surface area contributed by atoms with Gasteiger partial charge < -0.3 is 23.7 Å². The molecule has 3 aromatic rings. The summed E-state index contributed by atoms with van der Waals surface area (Å²) in [4.78, 5) is 12.0. The zero-order valence-electron chi connectivity index (χ0n) is 20.8. The van der Waals surface area contributed by atoms with Gasteiger partial charge in [-0.1, -0.05) is 91.0 Å². The number of hydrogen-bond acceptors (Lipinski definition) is 6. The number of carbonyl (C=O) groups excluding carboxylic acids is 1. The highest BCUT2D eigenvalue weighted by Gasteiger charge is 2.53. The first-order valence-corrected chi connectivity index (χ1v) is 12.3. The maximum Gasteiger partial charge on any atom is 0.303 e. The van der Waals surface area contributed by atoms with Crippen molar-refractivity contribution in [2.75, 3.05) is 13.2 Å². The molecule has 36 heavy (non-hydrogen) atoms. The first-order chi connectivity index (χ1) is 17.4. The molecule has 0 radical (unpaired) electrons. The van der Waals surface area contributed by atoms with Gasteiger partial charge in [0, 0.05) is 6.92 Å². The first-order valence-electron chi connectivity index (χ1n) is 12.3. The lowest BCUT2D eigenvalue weighted by molar-refractivity contribution is -0.300. The Morgan fingerprint density at radius 1 is 0.889 bits per heavy atom. The monoisotopic (exact) mass is 488 g/mol. The van der Waals surface area contributed by atoms with Crippen LogP contribution in [0.15, 0.2) is 91.0 Å². The molecule has 2 aliphatic heterocycles. The topological polar surface area (TPSA) is 63.2 Å². The van der Waals surface area contributed by atoms with Crippen LogP contribution in [0.25, 0.3) is 0 Å². The number of rotatable bonds is 7. The molecule has 5 rings (SSSR count). The molecule has 0 spiro atoms. The van der Waals surface area contributed by atoms with Crippen LogP contribution in [0.2, 0.25) is 0 Å². The Kier molecular flexibility index (Phi) is 6.95. The van der Waals surface area contributed by atoms with Crippen LogP contribution >= 0.6 is 0 Å². The van der Waals surface area contributed by atoms with Crippen molar-refractivity contribution in [3.05, 3.63) is 108 Å². The minimum absolute atomic E-state index is 0.174. The molecule has 0 aliphatic carbocycles. The van der Waals surface area contributed by atoms with E-state index in [2.05, 4.69) is 36.4 Å². The molecular formula is C30H32O6.